The van der Waals surface area contributed by atoms with Crippen LogP contribution in [0.4, 0.5) is 0 Å². The fraction of sp³-hybridized carbons (Fsp3) is 1.00. The van der Waals surface area contributed by atoms with E-state index in [2.05, 4.69) is 20.0 Å². The molecule has 0 aromatic rings. The first-order valence-corrected chi connectivity index (χ1v) is 9.22. The van der Waals surface area contributed by atoms with Crippen molar-refractivity contribution in [3.8, 4) is 0 Å². The monoisotopic (exact) mass is 232 g/mol. The van der Waals surface area contributed by atoms with E-state index in [1.54, 1.807) is 0 Å². The Hall–Kier alpha value is 0.137. The molecule has 3 heteroatoms. The molecule has 0 aromatic heterocycles. The summed E-state index contributed by atoms with van der Waals surface area (Å²) in [6.45, 7) is 10.2. The van der Waals surface area contributed by atoms with Crippen LogP contribution in [-0.2, 0) is 8.85 Å². The Bertz CT molecular complexity index is 138. The number of rotatable bonds is 10. The maximum absolute atomic E-state index is 5.79. The summed E-state index contributed by atoms with van der Waals surface area (Å²) in [5, 5.41) is 0. The standard InChI is InChI=1S/C12H28O2Si/c1-5-7-8-9-10-11-12-14-15(3,4)13-6-2/h5-12H2,1-4H3. The Kier molecular flexibility index (Phi) is 9.45. The number of hydrogen-bond acceptors (Lipinski definition) is 2. The molecule has 0 rings (SSSR count). The summed E-state index contributed by atoms with van der Waals surface area (Å²) in [6, 6.07) is 0. The first kappa shape index (κ1) is 15.1. The maximum atomic E-state index is 5.79. The largest absolute Gasteiger partial charge is 0.395 e. The average molecular weight is 232 g/mol. The Labute approximate surface area is 96.6 Å². The van der Waals surface area contributed by atoms with E-state index in [0.29, 0.717) is 0 Å². The summed E-state index contributed by atoms with van der Waals surface area (Å²) in [7, 11) is -1.78. The van der Waals surface area contributed by atoms with E-state index in [9.17, 15) is 0 Å². The van der Waals surface area contributed by atoms with Crippen molar-refractivity contribution < 1.29 is 8.85 Å². The van der Waals surface area contributed by atoms with Crippen molar-refractivity contribution in [2.75, 3.05) is 13.2 Å². The van der Waals surface area contributed by atoms with E-state index >= 15 is 0 Å². The average Bonchev–Trinajstić information content (AvgIpc) is 2.16. The second-order valence-electron chi connectivity index (χ2n) is 4.45. The van der Waals surface area contributed by atoms with Crippen LogP contribution in [0.2, 0.25) is 13.1 Å². The van der Waals surface area contributed by atoms with Gasteiger partial charge in [0.1, 0.15) is 0 Å². The van der Waals surface area contributed by atoms with Crippen molar-refractivity contribution >= 4 is 8.56 Å². The predicted octanol–water partition coefficient (Wildman–Crippen LogP) is 4.10. The van der Waals surface area contributed by atoms with Crippen LogP contribution in [0.25, 0.3) is 0 Å². The van der Waals surface area contributed by atoms with E-state index in [-0.39, 0.29) is 0 Å². The third-order valence-electron chi connectivity index (χ3n) is 2.44. The molecule has 0 fully saturated rings. The fourth-order valence-electron chi connectivity index (χ4n) is 1.59. The van der Waals surface area contributed by atoms with Gasteiger partial charge in [-0.15, -0.1) is 0 Å². The lowest BCUT2D eigenvalue weighted by Gasteiger charge is -2.21. The quantitative estimate of drug-likeness (QED) is 0.417. The fourth-order valence-corrected chi connectivity index (χ4v) is 3.00. The molecule has 0 aliphatic rings. The SMILES string of the molecule is CCCCCCCCO[Si](C)(C)OCC. The molecule has 0 N–H and O–H groups in total. The van der Waals surface area contributed by atoms with Crippen molar-refractivity contribution in [1.82, 2.24) is 0 Å². The molecule has 0 aliphatic carbocycles. The van der Waals surface area contributed by atoms with Gasteiger partial charge in [0.2, 0.25) is 0 Å². The summed E-state index contributed by atoms with van der Waals surface area (Å²) in [5.74, 6) is 0. The molecular weight excluding hydrogens is 204 g/mol. The number of hydrogen-bond donors (Lipinski definition) is 0. The second kappa shape index (κ2) is 9.37. The van der Waals surface area contributed by atoms with Crippen molar-refractivity contribution in [1.29, 1.82) is 0 Å². The Morgan fingerprint density at radius 2 is 1.40 bits per heavy atom. The lowest BCUT2D eigenvalue weighted by molar-refractivity contribution is 0.183. The zero-order valence-corrected chi connectivity index (χ0v) is 12.0. The second-order valence-corrected chi connectivity index (χ2v) is 7.83. The summed E-state index contributed by atoms with van der Waals surface area (Å²) >= 11 is 0. The van der Waals surface area contributed by atoms with Crippen LogP contribution >= 0.6 is 0 Å². The lowest BCUT2D eigenvalue weighted by Crippen LogP contribution is -2.35. The highest BCUT2D eigenvalue weighted by Gasteiger charge is 2.22. The molecule has 0 saturated carbocycles. The highest BCUT2D eigenvalue weighted by Crippen LogP contribution is 2.09. The van der Waals surface area contributed by atoms with E-state index in [0.717, 1.165) is 13.2 Å². The molecule has 15 heavy (non-hydrogen) atoms. The highest BCUT2D eigenvalue weighted by molar-refractivity contribution is 6.64. The van der Waals surface area contributed by atoms with Crippen LogP contribution in [0.1, 0.15) is 52.4 Å². The molecule has 0 amide bonds. The molecule has 2 nitrogen and oxygen atoms in total. The molecule has 0 spiro atoms. The van der Waals surface area contributed by atoms with Crippen LogP contribution in [0.5, 0.6) is 0 Å². The lowest BCUT2D eigenvalue weighted by atomic mass is 10.1. The smallest absolute Gasteiger partial charge is 0.331 e. The molecule has 92 valence electrons. The van der Waals surface area contributed by atoms with Gasteiger partial charge in [0, 0.05) is 13.2 Å². The van der Waals surface area contributed by atoms with Gasteiger partial charge in [0.25, 0.3) is 0 Å². The van der Waals surface area contributed by atoms with E-state index < -0.39 is 8.56 Å². The van der Waals surface area contributed by atoms with Crippen molar-refractivity contribution in [2.45, 2.75) is 65.5 Å². The molecule has 0 bridgehead atoms. The minimum Gasteiger partial charge on any atom is -0.395 e. The third-order valence-corrected chi connectivity index (χ3v) is 4.32. The van der Waals surface area contributed by atoms with Gasteiger partial charge < -0.3 is 8.85 Å². The summed E-state index contributed by atoms with van der Waals surface area (Å²) in [5.41, 5.74) is 0. The van der Waals surface area contributed by atoms with E-state index in [1.165, 1.54) is 38.5 Å². The molecule has 0 atom stereocenters. The molecule has 0 aliphatic heterocycles. The van der Waals surface area contributed by atoms with Gasteiger partial charge >= 0.3 is 8.56 Å². The Morgan fingerprint density at radius 3 is 2.00 bits per heavy atom. The predicted molar refractivity (Wildman–Crippen MR) is 68.4 cm³/mol. The molecule has 0 heterocycles. The molecule has 0 saturated heterocycles. The van der Waals surface area contributed by atoms with Gasteiger partial charge in [-0.25, -0.2) is 0 Å². The highest BCUT2D eigenvalue weighted by atomic mass is 28.4. The van der Waals surface area contributed by atoms with E-state index in [1.807, 2.05) is 6.92 Å². The van der Waals surface area contributed by atoms with Crippen molar-refractivity contribution in [3.63, 3.8) is 0 Å². The van der Waals surface area contributed by atoms with Gasteiger partial charge in [-0.3, -0.25) is 0 Å². The number of unbranched alkanes of at least 4 members (excludes halogenated alkanes) is 5. The van der Waals surface area contributed by atoms with Crippen LogP contribution in [0, 0.1) is 0 Å². The van der Waals surface area contributed by atoms with Crippen LogP contribution in [0.3, 0.4) is 0 Å². The molecule has 0 radical (unpaired) electrons. The van der Waals surface area contributed by atoms with E-state index in [4.69, 9.17) is 8.85 Å². The van der Waals surface area contributed by atoms with Gasteiger partial charge in [0.15, 0.2) is 0 Å². The summed E-state index contributed by atoms with van der Waals surface area (Å²) in [4.78, 5) is 0. The summed E-state index contributed by atoms with van der Waals surface area (Å²) < 4.78 is 11.4. The molecule has 0 unspecified atom stereocenters. The van der Waals surface area contributed by atoms with Crippen molar-refractivity contribution in [2.24, 2.45) is 0 Å². The van der Waals surface area contributed by atoms with Gasteiger partial charge in [-0.05, 0) is 26.4 Å². The topological polar surface area (TPSA) is 18.5 Å². The zero-order valence-electron chi connectivity index (χ0n) is 11.0. The minimum absolute atomic E-state index is 0.774. The normalized spacial score (nSPS) is 12.0. The van der Waals surface area contributed by atoms with Crippen LogP contribution < -0.4 is 0 Å². The van der Waals surface area contributed by atoms with Gasteiger partial charge in [0.05, 0.1) is 0 Å². The Morgan fingerprint density at radius 1 is 0.800 bits per heavy atom. The van der Waals surface area contributed by atoms with Gasteiger partial charge in [-0.1, -0.05) is 39.0 Å². The zero-order chi connectivity index (χ0) is 11.6. The first-order valence-electron chi connectivity index (χ1n) is 6.40. The molecule has 0 aromatic carbocycles. The molecular formula is C12H28O2Si. The Balaban J connectivity index is 3.22. The maximum Gasteiger partial charge on any atom is 0.331 e. The third kappa shape index (κ3) is 10.4. The van der Waals surface area contributed by atoms with Crippen LogP contribution in [-0.4, -0.2) is 21.8 Å². The minimum atomic E-state index is -1.78. The van der Waals surface area contributed by atoms with Crippen molar-refractivity contribution in [3.05, 3.63) is 0 Å². The van der Waals surface area contributed by atoms with Gasteiger partial charge in [-0.2, -0.15) is 0 Å². The summed E-state index contributed by atoms with van der Waals surface area (Å²) in [6.07, 6.45) is 7.92. The van der Waals surface area contributed by atoms with Crippen LogP contribution in [0.15, 0.2) is 0 Å². The first-order chi connectivity index (χ1) is 7.12.